The minimum Gasteiger partial charge on any atom is -0.378 e. The van der Waals surface area contributed by atoms with E-state index in [1.165, 1.54) is 19.9 Å². The molecule has 0 spiro atoms. The largest absolute Gasteiger partial charge is 0.378 e. The van der Waals surface area contributed by atoms with Crippen molar-refractivity contribution in [3.05, 3.63) is 41.3 Å². The van der Waals surface area contributed by atoms with Crippen molar-refractivity contribution < 1.29 is 17.9 Å². The summed E-state index contributed by atoms with van der Waals surface area (Å²) in [5.41, 5.74) is 2.15. The molecule has 2 aromatic rings. The lowest BCUT2D eigenvalue weighted by Crippen LogP contribution is -2.54. The maximum Gasteiger partial charge on any atom is 0.282 e. The summed E-state index contributed by atoms with van der Waals surface area (Å²) in [6.45, 7) is 8.95. The summed E-state index contributed by atoms with van der Waals surface area (Å²) in [6.07, 6.45) is 0. The molecule has 0 atom stereocenters. The fourth-order valence-corrected chi connectivity index (χ4v) is 7.11. The molecule has 2 fully saturated rings. The van der Waals surface area contributed by atoms with Crippen molar-refractivity contribution in [1.82, 2.24) is 13.5 Å². The van der Waals surface area contributed by atoms with Crippen molar-refractivity contribution in [2.75, 3.05) is 70.5 Å². The molecule has 1 aromatic heterocycles. The molecule has 0 radical (unpaired) electrons. The van der Waals surface area contributed by atoms with Gasteiger partial charge in [0.05, 0.1) is 23.1 Å². The Bertz CT molecular complexity index is 1040. The second-order valence-electron chi connectivity index (χ2n) is 8.08. The topological polar surface area (TPSA) is 73.4 Å². The number of carbonyl (C=O) groups excluding carboxylic acids is 1. The van der Waals surface area contributed by atoms with E-state index in [1.807, 2.05) is 38.1 Å². The molecule has 8 nitrogen and oxygen atoms in total. The van der Waals surface area contributed by atoms with Crippen LogP contribution in [0.2, 0.25) is 0 Å². The highest BCUT2D eigenvalue weighted by Crippen LogP contribution is 2.40. The molecule has 3 heterocycles. The van der Waals surface area contributed by atoms with E-state index in [2.05, 4.69) is 17.0 Å². The molecule has 10 heteroatoms. The number of benzene rings is 1. The Labute approximate surface area is 200 Å². The zero-order chi connectivity index (χ0) is 23.4. The Morgan fingerprint density at radius 3 is 2.24 bits per heavy atom. The molecule has 2 saturated heterocycles. The van der Waals surface area contributed by atoms with Crippen molar-refractivity contribution in [3.8, 4) is 11.1 Å². The number of carbonyl (C=O) groups is 1. The van der Waals surface area contributed by atoms with E-state index < -0.39 is 10.2 Å². The lowest BCUT2D eigenvalue weighted by atomic mass is 10.1. The fraction of sp³-hybridized carbons (Fsp3) is 0.522. The quantitative estimate of drug-likeness (QED) is 0.594. The molecule has 0 bridgehead atoms. The van der Waals surface area contributed by atoms with Gasteiger partial charge in [-0.3, -0.25) is 4.79 Å². The van der Waals surface area contributed by atoms with Gasteiger partial charge in [0.2, 0.25) is 0 Å². The van der Waals surface area contributed by atoms with Gasteiger partial charge in [-0.2, -0.15) is 17.0 Å². The Balaban J connectivity index is 1.52. The molecular weight excluding hydrogens is 460 g/mol. The first kappa shape index (κ1) is 24.2. The summed E-state index contributed by atoms with van der Waals surface area (Å²) in [6, 6.07) is 12.1. The molecule has 33 heavy (non-hydrogen) atoms. The summed E-state index contributed by atoms with van der Waals surface area (Å²) >= 11 is 1.52. The summed E-state index contributed by atoms with van der Waals surface area (Å²) in [4.78, 5) is 18.2. The number of anilines is 1. The third-order valence-corrected chi connectivity index (χ3v) is 9.56. The van der Waals surface area contributed by atoms with Crippen LogP contribution in [0.4, 0.5) is 5.00 Å². The normalized spacial score (nSPS) is 18.2. The number of amides is 1. The summed E-state index contributed by atoms with van der Waals surface area (Å²) in [7, 11) is -3.48. The molecule has 0 aliphatic carbocycles. The average molecular weight is 493 g/mol. The monoisotopic (exact) mass is 492 g/mol. The number of rotatable bonds is 7. The highest BCUT2D eigenvalue weighted by atomic mass is 32.2. The van der Waals surface area contributed by atoms with Crippen LogP contribution in [-0.4, -0.2) is 93.4 Å². The number of nitrogens with zero attached hydrogens (tertiary/aromatic N) is 4. The lowest BCUT2D eigenvalue weighted by Gasteiger charge is -2.36. The Morgan fingerprint density at radius 2 is 1.64 bits per heavy atom. The van der Waals surface area contributed by atoms with Gasteiger partial charge in [-0.15, -0.1) is 11.3 Å². The summed E-state index contributed by atoms with van der Waals surface area (Å²) in [5.74, 6) is -0.0309. The molecule has 1 amide bonds. The molecular formula is C23H32N4O4S2. The predicted octanol–water partition coefficient (Wildman–Crippen LogP) is 2.60. The van der Waals surface area contributed by atoms with Gasteiger partial charge < -0.3 is 14.5 Å². The average Bonchev–Trinajstić information content (AvgIpc) is 3.31. The maximum absolute atomic E-state index is 13.4. The van der Waals surface area contributed by atoms with Gasteiger partial charge in [-0.05, 0) is 11.6 Å². The van der Waals surface area contributed by atoms with E-state index in [9.17, 15) is 13.2 Å². The van der Waals surface area contributed by atoms with E-state index >= 15 is 0 Å². The molecule has 2 aliphatic heterocycles. The van der Waals surface area contributed by atoms with Crippen LogP contribution in [0, 0.1) is 0 Å². The van der Waals surface area contributed by atoms with E-state index in [-0.39, 0.29) is 5.91 Å². The van der Waals surface area contributed by atoms with Crippen LogP contribution in [0.3, 0.4) is 0 Å². The maximum atomic E-state index is 13.4. The van der Waals surface area contributed by atoms with Crippen LogP contribution in [-0.2, 0) is 14.9 Å². The van der Waals surface area contributed by atoms with Gasteiger partial charge in [0.15, 0.2) is 0 Å². The summed E-state index contributed by atoms with van der Waals surface area (Å²) < 4.78 is 34.1. The van der Waals surface area contributed by atoms with Crippen molar-refractivity contribution in [1.29, 1.82) is 0 Å². The minimum absolute atomic E-state index is 0.0309. The fourth-order valence-electron chi connectivity index (χ4n) is 4.30. The first-order valence-electron chi connectivity index (χ1n) is 11.5. The SMILES string of the molecule is CCN(CC)S(=O)(=O)N1CCN(C(=O)c2cc(-c3ccccc3)c(N3CCOCC3)s2)CC1. The van der Waals surface area contributed by atoms with Gasteiger partial charge in [-0.1, -0.05) is 44.2 Å². The smallest absolute Gasteiger partial charge is 0.282 e. The highest BCUT2D eigenvalue weighted by Gasteiger charge is 2.33. The van der Waals surface area contributed by atoms with Gasteiger partial charge in [-0.25, -0.2) is 0 Å². The standard InChI is InChI=1S/C23H32N4O4S2/c1-3-26(4-2)33(29,30)27-12-10-24(11-13-27)22(28)21-18-20(19-8-6-5-7-9-19)23(32-21)25-14-16-31-17-15-25/h5-9,18H,3-4,10-17H2,1-2H3. The molecule has 180 valence electrons. The van der Waals surface area contributed by atoms with E-state index in [1.54, 1.807) is 4.90 Å². The molecule has 0 unspecified atom stereocenters. The van der Waals surface area contributed by atoms with Crippen LogP contribution < -0.4 is 4.90 Å². The molecule has 2 aliphatic rings. The Morgan fingerprint density at radius 1 is 1.00 bits per heavy atom. The third-order valence-electron chi connectivity index (χ3n) is 6.19. The number of thiophene rings is 1. The van der Waals surface area contributed by atoms with Gasteiger partial charge in [0, 0.05) is 57.9 Å². The van der Waals surface area contributed by atoms with E-state index in [0.29, 0.717) is 57.4 Å². The van der Waals surface area contributed by atoms with Crippen molar-refractivity contribution in [2.45, 2.75) is 13.8 Å². The molecule has 4 rings (SSSR count). The Hall–Kier alpha value is -1.98. The first-order valence-corrected chi connectivity index (χ1v) is 13.7. The molecule has 0 N–H and O–H groups in total. The Kier molecular flexibility index (Phi) is 7.70. The first-order chi connectivity index (χ1) is 16.0. The number of piperazine rings is 1. The van der Waals surface area contributed by atoms with Crippen molar-refractivity contribution in [2.24, 2.45) is 0 Å². The molecule has 1 aromatic carbocycles. The number of ether oxygens (including phenoxy) is 1. The van der Waals surface area contributed by atoms with E-state index in [0.717, 1.165) is 29.2 Å². The summed E-state index contributed by atoms with van der Waals surface area (Å²) in [5, 5.41) is 1.09. The zero-order valence-electron chi connectivity index (χ0n) is 19.3. The van der Waals surface area contributed by atoms with Gasteiger partial charge in [0.1, 0.15) is 0 Å². The predicted molar refractivity (Wildman–Crippen MR) is 132 cm³/mol. The van der Waals surface area contributed by atoms with Crippen LogP contribution in [0.25, 0.3) is 11.1 Å². The van der Waals surface area contributed by atoms with E-state index in [4.69, 9.17) is 4.74 Å². The second-order valence-corrected chi connectivity index (χ2v) is 11.0. The van der Waals surface area contributed by atoms with Crippen LogP contribution in [0.5, 0.6) is 0 Å². The number of morpholine rings is 1. The van der Waals surface area contributed by atoms with Crippen molar-refractivity contribution in [3.63, 3.8) is 0 Å². The highest BCUT2D eigenvalue weighted by molar-refractivity contribution is 7.86. The zero-order valence-corrected chi connectivity index (χ0v) is 20.9. The second kappa shape index (κ2) is 10.5. The van der Waals surface area contributed by atoms with Crippen LogP contribution in [0.1, 0.15) is 23.5 Å². The molecule has 0 saturated carbocycles. The van der Waals surface area contributed by atoms with Crippen LogP contribution >= 0.6 is 11.3 Å². The number of hydrogen-bond donors (Lipinski definition) is 0. The minimum atomic E-state index is -3.48. The van der Waals surface area contributed by atoms with Gasteiger partial charge >= 0.3 is 0 Å². The van der Waals surface area contributed by atoms with Crippen LogP contribution in [0.15, 0.2) is 36.4 Å². The lowest BCUT2D eigenvalue weighted by molar-refractivity contribution is 0.0699. The van der Waals surface area contributed by atoms with Gasteiger partial charge in [0.25, 0.3) is 16.1 Å². The van der Waals surface area contributed by atoms with Crippen molar-refractivity contribution >= 4 is 32.5 Å². The third kappa shape index (κ3) is 5.09. The number of hydrogen-bond acceptors (Lipinski definition) is 6.